The molecule has 0 aliphatic heterocycles. The van der Waals surface area contributed by atoms with Gasteiger partial charge in [-0.25, -0.2) is 0 Å². The zero-order valence-corrected chi connectivity index (χ0v) is 36.7. The second kappa shape index (κ2) is 16.4. The summed E-state index contributed by atoms with van der Waals surface area (Å²) in [7, 11) is 0. The number of allylic oxidation sites excluding steroid dienone is 10. The molecule has 0 heteroatoms. The first-order chi connectivity index (χ1) is 30.8. The molecule has 3 aliphatic rings. The summed E-state index contributed by atoms with van der Waals surface area (Å²) < 4.78 is 0. The second-order valence-corrected chi connectivity index (χ2v) is 17.9. The fourth-order valence-electron chi connectivity index (χ4n) is 10.9. The van der Waals surface area contributed by atoms with Crippen molar-refractivity contribution in [3.05, 3.63) is 281 Å². The first-order valence-electron chi connectivity index (χ1n) is 22.6. The molecule has 0 saturated heterocycles. The zero-order chi connectivity index (χ0) is 43.1. The van der Waals surface area contributed by atoms with Crippen LogP contribution < -0.4 is 0 Å². The molecule has 2 unspecified atom stereocenters. The van der Waals surface area contributed by atoms with E-state index in [0.717, 1.165) is 41.5 Å². The Morgan fingerprint density at radius 1 is 0.619 bits per heavy atom. The van der Waals surface area contributed by atoms with Gasteiger partial charge in [0.1, 0.15) is 0 Å². The maximum Gasteiger partial charge on any atom is 0.0719 e. The molecule has 10 rings (SSSR count). The third-order valence-electron chi connectivity index (χ3n) is 14.0. The highest BCUT2D eigenvalue weighted by Crippen LogP contribution is 2.62. The summed E-state index contributed by atoms with van der Waals surface area (Å²) in [6, 6.07) is 63.4. The molecule has 0 saturated carbocycles. The number of hydrogen-bond donors (Lipinski definition) is 0. The number of benzene rings is 7. The van der Waals surface area contributed by atoms with E-state index in [-0.39, 0.29) is 11.3 Å². The number of hydrogen-bond acceptors (Lipinski definition) is 0. The lowest BCUT2D eigenvalue weighted by molar-refractivity contribution is 0.649. The summed E-state index contributed by atoms with van der Waals surface area (Å²) in [5, 5.41) is 0. The van der Waals surface area contributed by atoms with Gasteiger partial charge in [-0.15, -0.1) is 0 Å². The normalized spacial score (nSPS) is 17.4. The predicted octanol–water partition coefficient (Wildman–Crippen LogP) is 16.5. The minimum atomic E-state index is -0.558. The molecule has 0 spiro atoms. The molecule has 7 aromatic rings. The quantitative estimate of drug-likeness (QED) is 0.114. The minimum Gasteiger partial charge on any atom is -0.0943 e. The van der Waals surface area contributed by atoms with Gasteiger partial charge in [0.25, 0.3) is 0 Å². The maximum absolute atomic E-state index is 4.93. The van der Waals surface area contributed by atoms with E-state index >= 15 is 0 Å². The summed E-state index contributed by atoms with van der Waals surface area (Å²) in [6.45, 7) is 16.3. The van der Waals surface area contributed by atoms with Crippen LogP contribution in [0.25, 0.3) is 39.0 Å². The van der Waals surface area contributed by atoms with Gasteiger partial charge in [-0.05, 0) is 119 Å². The molecule has 0 amide bonds. The van der Waals surface area contributed by atoms with Crippen molar-refractivity contribution in [1.29, 1.82) is 0 Å². The SMILES string of the molecule is C=C(/C=C\C=C/CC)c1ccc(C(C(=C)c2ccc(-c3ccccc3)cc2)c2cccc(C3(c4ccccc4)c4ccccc4-c4ccc5c(c43)C3=C(C=CCC3)C5(C)C)c2)cc1. The van der Waals surface area contributed by atoms with E-state index < -0.39 is 5.41 Å². The molecule has 63 heavy (non-hydrogen) atoms. The average Bonchev–Trinajstić information content (AvgIpc) is 3.77. The van der Waals surface area contributed by atoms with Crippen molar-refractivity contribution >= 4 is 16.7 Å². The van der Waals surface area contributed by atoms with Crippen molar-refractivity contribution in [2.24, 2.45) is 0 Å². The molecular weight excluding hydrogens is 757 g/mol. The van der Waals surface area contributed by atoms with Gasteiger partial charge in [-0.3, -0.25) is 0 Å². The Morgan fingerprint density at radius 2 is 1.30 bits per heavy atom. The van der Waals surface area contributed by atoms with Crippen LogP contribution in [0.2, 0.25) is 0 Å². The Morgan fingerprint density at radius 3 is 2.06 bits per heavy atom. The topological polar surface area (TPSA) is 0 Å². The van der Waals surface area contributed by atoms with E-state index in [2.05, 4.69) is 234 Å². The molecule has 306 valence electrons. The van der Waals surface area contributed by atoms with Crippen LogP contribution in [-0.4, -0.2) is 0 Å². The second-order valence-electron chi connectivity index (χ2n) is 17.9. The zero-order valence-electron chi connectivity index (χ0n) is 36.7. The number of fused-ring (bicyclic) bond motifs is 6. The highest BCUT2D eigenvalue weighted by atomic mass is 14.5. The van der Waals surface area contributed by atoms with Crippen molar-refractivity contribution in [3.63, 3.8) is 0 Å². The highest BCUT2D eigenvalue weighted by molar-refractivity contribution is 5.96. The van der Waals surface area contributed by atoms with Crippen LogP contribution in [0.3, 0.4) is 0 Å². The average molecular weight is 811 g/mol. The Hall–Kier alpha value is -7.02. The van der Waals surface area contributed by atoms with Gasteiger partial charge in [-0.1, -0.05) is 240 Å². The summed E-state index contributed by atoms with van der Waals surface area (Å²) in [5.41, 5.74) is 22.3. The molecule has 7 aromatic carbocycles. The van der Waals surface area contributed by atoms with Crippen LogP contribution >= 0.6 is 0 Å². The van der Waals surface area contributed by atoms with Crippen LogP contribution in [0.5, 0.6) is 0 Å². The first kappa shape index (κ1) is 40.1. The van der Waals surface area contributed by atoms with E-state index in [1.54, 1.807) is 0 Å². The minimum absolute atomic E-state index is 0.0893. The third kappa shape index (κ3) is 6.68. The van der Waals surface area contributed by atoms with Gasteiger partial charge in [0.15, 0.2) is 0 Å². The van der Waals surface area contributed by atoms with E-state index in [4.69, 9.17) is 6.58 Å². The molecule has 0 aromatic heterocycles. The largest absolute Gasteiger partial charge is 0.0943 e. The highest BCUT2D eigenvalue weighted by Gasteiger charge is 2.51. The Kier molecular flexibility index (Phi) is 10.4. The summed E-state index contributed by atoms with van der Waals surface area (Å²) in [5.74, 6) is -0.111. The van der Waals surface area contributed by atoms with Gasteiger partial charge in [0.2, 0.25) is 0 Å². The van der Waals surface area contributed by atoms with Crippen LogP contribution in [0.4, 0.5) is 0 Å². The lowest BCUT2D eigenvalue weighted by Gasteiger charge is -2.36. The smallest absolute Gasteiger partial charge is 0.0719 e. The van der Waals surface area contributed by atoms with Gasteiger partial charge in [-0.2, -0.15) is 0 Å². The van der Waals surface area contributed by atoms with E-state index in [1.165, 1.54) is 77.9 Å². The first-order valence-corrected chi connectivity index (χ1v) is 22.6. The van der Waals surface area contributed by atoms with Crippen molar-refractivity contribution < 1.29 is 0 Å². The van der Waals surface area contributed by atoms with Gasteiger partial charge in [0, 0.05) is 11.3 Å². The third-order valence-corrected chi connectivity index (χ3v) is 14.0. The van der Waals surface area contributed by atoms with Crippen LogP contribution in [0, 0.1) is 0 Å². The molecular formula is C63H54. The number of rotatable bonds is 11. The fourth-order valence-corrected chi connectivity index (χ4v) is 10.9. The standard InChI is InChI=1S/C63H54/c1-6-7-8-11-21-43(2)45-32-38-49(39-33-45)59(44(3)46-34-36-48(37-35-46)47-22-12-9-13-23-47)50-24-20-27-52(42-50)63(51-25-14-10-15-26-51)57-31-19-16-28-53(57)54-40-41-58-60(61(54)63)55-29-17-18-30-56(55)62(58,4)5/h7-16,18-28,30-42,59H,2-3,6,17,29H2,1,4-5H3/b8-7-,21-11-. The molecule has 0 N–H and O–H groups in total. The molecule has 3 aliphatic carbocycles. The van der Waals surface area contributed by atoms with E-state index in [1.807, 2.05) is 0 Å². The lowest BCUT2D eigenvalue weighted by atomic mass is 9.65. The lowest BCUT2D eigenvalue weighted by Crippen LogP contribution is -2.30. The molecule has 0 nitrogen and oxygen atoms in total. The summed E-state index contributed by atoms with van der Waals surface area (Å²) >= 11 is 0. The monoisotopic (exact) mass is 810 g/mol. The van der Waals surface area contributed by atoms with Crippen LogP contribution in [0.1, 0.15) is 102 Å². The van der Waals surface area contributed by atoms with Crippen LogP contribution in [-0.2, 0) is 10.8 Å². The molecule has 2 atom stereocenters. The molecule has 0 bridgehead atoms. The van der Waals surface area contributed by atoms with Crippen molar-refractivity contribution in [1.82, 2.24) is 0 Å². The molecule has 0 fully saturated rings. The molecule has 0 heterocycles. The van der Waals surface area contributed by atoms with E-state index in [0.29, 0.717) is 0 Å². The summed E-state index contributed by atoms with van der Waals surface area (Å²) in [4.78, 5) is 0. The van der Waals surface area contributed by atoms with E-state index in [9.17, 15) is 0 Å². The van der Waals surface area contributed by atoms with Gasteiger partial charge in [0.05, 0.1) is 5.41 Å². The predicted molar refractivity (Wildman–Crippen MR) is 269 cm³/mol. The van der Waals surface area contributed by atoms with Crippen LogP contribution in [0.15, 0.2) is 225 Å². The van der Waals surface area contributed by atoms with Gasteiger partial charge >= 0.3 is 0 Å². The molecule has 0 radical (unpaired) electrons. The fraction of sp³-hybridized carbons (Fsp3) is 0.143. The van der Waals surface area contributed by atoms with Crippen molar-refractivity contribution in [2.45, 2.75) is 56.8 Å². The van der Waals surface area contributed by atoms with Gasteiger partial charge < -0.3 is 0 Å². The van der Waals surface area contributed by atoms with Crippen molar-refractivity contribution in [2.75, 3.05) is 0 Å². The Balaban J connectivity index is 1.18. The Labute approximate surface area is 374 Å². The Bertz CT molecular complexity index is 3000. The summed E-state index contributed by atoms with van der Waals surface area (Å²) in [6.07, 6.45) is 16.3. The van der Waals surface area contributed by atoms with Crippen molar-refractivity contribution in [3.8, 4) is 22.3 Å². The maximum atomic E-state index is 4.93.